The van der Waals surface area contributed by atoms with Gasteiger partial charge in [0.25, 0.3) is 0 Å². The topological polar surface area (TPSA) is 55.8 Å². The van der Waals surface area contributed by atoms with Crippen LogP contribution >= 0.6 is 0 Å². The van der Waals surface area contributed by atoms with E-state index in [9.17, 15) is 9.90 Å². The largest absolute Gasteiger partial charge is 0.389 e. The average molecular weight is 291 g/mol. The molecule has 21 heavy (non-hydrogen) atoms. The molecule has 2 atom stereocenters. The maximum atomic E-state index is 12.2. The van der Waals surface area contributed by atoms with Crippen LogP contribution in [0.15, 0.2) is 24.3 Å². The van der Waals surface area contributed by atoms with Crippen molar-refractivity contribution in [2.24, 2.45) is 5.92 Å². The van der Waals surface area contributed by atoms with Crippen molar-refractivity contribution < 1.29 is 9.90 Å². The van der Waals surface area contributed by atoms with E-state index in [0.29, 0.717) is 5.92 Å². The summed E-state index contributed by atoms with van der Waals surface area (Å²) in [5.74, 6) is 0.559. The standard InChI is InChI=1S/C16H25N3O2/c1-12(20)14-4-6-15(7-5-14)17-16(21)19(3)11-13-8-9-18(2)10-13/h4-7,12-13,20H,8-11H2,1-3H3,(H,17,21). The third kappa shape index (κ3) is 4.44. The van der Waals surface area contributed by atoms with Crippen LogP contribution in [0.4, 0.5) is 10.5 Å². The number of nitrogens with one attached hydrogen (secondary N) is 1. The van der Waals surface area contributed by atoms with Crippen molar-refractivity contribution in [3.05, 3.63) is 29.8 Å². The van der Waals surface area contributed by atoms with E-state index in [2.05, 4.69) is 17.3 Å². The molecule has 1 aliphatic heterocycles. The quantitative estimate of drug-likeness (QED) is 0.894. The number of amides is 2. The molecule has 0 spiro atoms. The molecule has 0 bridgehead atoms. The highest BCUT2D eigenvalue weighted by Crippen LogP contribution is 2.17. The maximum Gasteiger partial charge on any atom is 0.321 e. The molecule has 1 saturated heterocycles. The number of carbonyl (C=O) groups is 1. The zero-order valence-corrected chi connectivity index (χ0v) is 13.0. The molecule has 0 aliphatic carbocycles. The zero-order chi connectivity index (χ0) is 15.4. The number of nitrogens with zero attached hydrogens (tertiary/aromatic N) is 2. The van der Waals surface area contributed by atoms with Crippen molar-refractivity contribution in [1.82, 2.24) is 9.80 Å². The van der Waals surface area contributed by atoms with Crippen molar-refractivity contribution in [2.45, 2.75) is 19.4 Å². The Kier molecular flexibility index (Phi) is 5.20. The van der Waals surface area contributed by atoms with Crippen LogP contribution in [0, 0.1) is 5.92 Å². The summed E-state index contributed by atoms with van der Waals surface area (Å²) < 4.78 is 0. The summed E-state index contributed by atoms with van der Waals surface area (Å²) in [6.07, 6.45) is 0.661. The van der Waals surface area contributed by atoms with E-state index in [1.807, 2.05) is 31.3 Å². The predicted octanol–water partition coefficient (Wildman–Crippen LogP) is 2.16. The lowest BCUT2D eigenvalue weighted by Crippen LogP contribution is -2.35. The Morgan fingerprint density at radius 3 is 2.67 bits per heavy atom. The van der Waals surface area contributed by atoms with Gasteiger partial charge in [0.1, 0.15) is 0 Å². The van der Waals surface area contributed by atoms with Crippen LogP contribution in [0.25, 0.3) is 0 Å². The SMILES string of the molecule is CC(O)c1ccc(NC(=O)N(C)CC2CCN(C)C2)cc1. The number of hydrogen-bond acceptors (Lipinski definition) is 3. The van der Waals surface area contributed by atoms with E-state index >= 15 is 0 Å². The second kappa shape index (κ2) is 6.91. The molecule has 1 fully saturated rings. The van der Waals surface area contributed by atoms with Gasteiger partial charge in [0.2, 0.25) is 0 Å². The number of aliphatic hydroxyl groups is 1. The van der Waals surface area contributed by atoms with Crippen LogP contribution in [0.2, 0.25) is 0 Å². The third-order valence-electron chi connectivity index (χ3n) is 4.01. The van der Waals surface area contributed by atoms with E-state index < -0.39 is 6.10 Å². The number of rotatable bonds is 4. The number of carbonyl (C=O) groups excluding carboxylic acids is 1. The number of likely N-dealkylation sites (tertiary alicyclic amines) is 1. The number of urea groups is 1. The van der Waals surface area contributed by atoms with Crippen molar-refractivity contribution in [3.8, 4) is 0 Å². The minimum absolute atomic E-state index is 0.0886. The minimum atomic E-state index is -0.489. The summed E-state index contributed by atoms with van der Waals surface area (Å²) in [5, 5.41) is 12.4. The number of aliphatic hydroxyl groups excluding tert-OH is 1. The van der Waals surface area contributed by atoms with Gasteiger partial charge >= 0.3 is 6.03 Å². The highest BCUT2D eigenvalue weighted by molar-refractivity contribution is 5.89. The smallest absolute Gasteiger partial charge is 0.321 e. The van der Waals surface area contributed by atoms with Crippen LogP contribution in [-0.4, -0.2) is 54.7 Å². The highest BCUT2D eigenvalue weighted by Gasteiger charge is 2.22. The van der Waals surface area contributed by atoms with Crippen LogP contribution in [0.1, 0.15) is 25.0 Å². The molecule has 2 rings (SSSR count). The van der Waals surface area contributed by atoms with Crippen LogP contribution in [0.5, 0.6) is 0 Å². The molecule has 116 valence electrons. The first-order valence-corrected chi connectivity index (χ1v) is 7.44. The van der Waals surface area contributed by atoms with Gasteiger partial charge in [0, 0.05) is 25.8 Å². The normalized spacial score (nSPS) is 20.3. The molecule has 0 aromatic heterocycles. The Hall–Kier alpha value is -1.59. The maximum absolute atomic E-state index is 12.2. The number of hydrogen-bond donors (Lipinski definition) is 2. The fraction of sp³-hybridized carbons (Fsp3) is 0.562. The van der Waals surface area contributed by atoms with Gasteiger partial charge in [-0.05, 0) is 50.6 Å². The summed E-state index contributed by atoms with van der Waals surface area (Å²) in [4.78, 5) is 16.2. The van der Waals surface area contributed by atoms with Gasteiger partial charge in [0.15, 0.2) is 0 Å². The van der Waals surface area contributed by atoms with E-state index in [1.54, 1.807) is 11.8 Å². The Morgan fingerprint density at radius 2 is 2.14 bits per heavy atom. The first-order chi connectivity index (χ1) is 9.95. The molecule has 1 aliphatic rings. The number of anilines is 1. The lowest BCUT2D eigenvalue weighted by atomic mass is 10.1. The average Bonchev–Trinajstić information content (AvgIpc) is 2.84. The summed E-state index contributed by atoms with van der Waals surface area (Å²) in [6, 6.07) is 7.20. The predicted molar refractivity (Wildman–Crippen MR) is 84.3 cm³/mol. The molecule has 2 N–H and O–H groups in total. The van der Waals surface area contributed by atoms with Gasteiger partial charge < -0.3 is 20.2 Å². The summed E-state index contributed by atoms with van der Waals surface area (Å²) in [5.41, 5.74) is 1.59. The molecule has 0 saturated carbocycles. The van der Waals surface area contributed by atoms with E-state index in [-0.39, 0.29) is 6.03 Å². The van der Waals surface area contributed by atoms with E-state index in [0.717, 1.165) is 37.3 Å². The van der Waals surface area contributed by atoms with E-state index in [4.69, 9.17) is 0 Å². The Morgan fingerprint density at radius 1 is 1.48 bits per heavy atom. The molecular weight excluding hydrogens is 266 g/mol. The van der Waals surface area contributed by atoms with Crippen molar-refractivity contribution in [2.75, 3.05) is 39.0 Å². The van der Waals surface area contributed by atoms with E-state index in [1.165, 1.54) is 0 Å². The first-order valence-electron chi connectivity index (χ1n) is 7.44. The Labute approximate surface area is 126 Å². The molecule has 5 nitrogen and oxygen atoms in total. The second-order valence-electron chi connectivity index (χ2n) is 6.03. The molecule has 0 radical (unpaired) electrons. The summed E-state index contributed by atoms with van der Waals surface area (Å²) in [7, 11) is 3.95. The highest BCUT2D eigenvalue weighted by atomic mass is 16.3. The van der Waals surface area contributed by atoms with Gasteiger partial charge in [-0.2, -0.15) is 0 Å². The zero-order valence-electron chi connectivity index (χ0n) is 13.0. The monoisotopic (exact) mass is 291 g/mol. The third-order valence-corrected chi connectivity index (χ3v) is 4.01. The minimum Gasteiger partial charge on any atom is -0.389 e. The van der Waals surface area contributed by atoms with Gasteiger partial charge in [0.05, 0.1) is 6.10 Å². The van der Waals surface area contributed by atoms with Gasteiger partial charge in [-0.3, -0.25) is 0 Å². The van der Waals surface area contributed by atoms with Crippen LogP contribution in [-0.2, 0) is 0 Å². The first kappa shape index (κ1) is 15.8. The van der Waals surface area contributed by atoms with Crippen molar-refractivity contribution >= 4 is 11.7 Å². The molecule has 1 heterocycles. The van der Waals surface area contributed by atoms with Crippen molar-refractivity contribution in [3.63, 3.8) is 0 Å². The molecule has 1 aromatic rings. The molecular formula is C16H25N3O2. The van der Waals surface area contributed by atoms with Crippen LogP contribution < -0.4 is 5.32 Å². The Balaban J connectivity index is 1.85. The molecule has 1 aromatic carbocycles. The van der Waals surface area contributed by atoms with Crippen molar-refractivity contribution in [1.29, 1.82) is 0 Å². The fourth-order valence-corrected chi connectivity index (χ4v) is 2.71. The number of benzene rings is 1. The van der Waals surface area contributed by atoms with Gasteiger partial charge in [-0.15, -0.1) is 0 Å². The molecule has 5 heteroatoms. The second-order valence-corrected chi connectivity index (χ2v) is 6.03. The fourth-order valence-electron chi connectivity index (χ4n) is 2.71. The summed E-state index contributed by atoms with van der Waals surface area (Å²) in [6.45, 7) is 4.67. The lowest BCUT2D eigenvalue weighted by molar-refractivity contribution is 0.199. The Bertz CT molecular complexity index is 473. The molecule has 2 unspecified atom stereocenters. The van der Waals surface area contributed by atoms with Gasteiger partial charge in [-0.1, -0.05) is 12.1 Å². The lowest BCUT2D eigenvalue weighted by Gasteiger charge is -2.21. The molecule has 2 amide bonds. The summed E-state index contributed by atoms with van der Waals surface area (Å²) >= 11 is 0. The van der Waals surface area contributed by atoms with Crippen LogP contribution in [0.3, 0.4) is 0 Å². The van der Waals surface area contributed by atoms with Gasteiger partial charge in [-0.25, -0.2) is 4.79 Å².